The van der Waals surface area contributed by atoms with E-state index in [4.69, 9.17) is 10.7 Å². The van der Waals surface area contributed by atoms with Crippen LogP contribution in [0.4, 0.5) is 5.82 Å². The maximum Gasteiger partial charge on any atom is 0.129 e. The van der Waals surface area contributed by atoms with Gasteiger partial charge in [0, 0.05) is 24.5 Å². The Bertz CT molecular complexity index is 608. The molecule has 1 saturated heterocycles. The van der Waals surface area contributed by atoms with Crippen LogP contribution in [-0.4, -0.2) is 17.6 Å². The van der Waals surface area contributed by atoms with E-state index in [2.05, 4.69) is 43.0 Å². The Morgan fingerprint density at radius 3 is 2.90 bits per heavy atom. The second kappa shape index (κ2) is 5.41. The highest BCUT2D eigenvalue weighted by molar-refractivity contribution is 5.84. The lowest BCUT2D eigenvalue weighted by Crippen LogP contribution is -2.43. The van der Waals surface area contributed by atoms with E-state index in [1.54, 1.807) is 0 Å². The topological polar surface area (TPSA) is 42.1 Å². The van der Waals surface area contributed by atoms with Crippen LogP contribution >= 0.6 is 0 Å². The van der Waals surface area contributed by atoms with Crippen molar-refractivity contribution in [3.8, 4) is 0 Å². The normalized spacial score (nSPS) is 23.2. The highest BCUT2D eigenvalue weighted by atomic mass is 15.2. The van der Waals surface area contributed by atoms with Crippen LogP contribution in [0.3, 0.4) is 0 Å². The van der Waals surface area contributed by atoms with E-state index in [1.165, 1.54) is 23.8 Å². The van der Waals surface area contributed by atoms with Crippen LogP contribution < -0.4 is 10.6 Å². The zero-order chi connectivity index (χ0) is 14.1. The number of hydrogen-bond acceptors (Lipinski definition) is 3. The van der Waals surface area contributed by atoms with Crippen molar-refractivity contribution in [2.45, 2.75) is 39.3 Å². The number of rotatable bonds is 2. The van der Waals surface area contributed by atoms with E-state index < -0.39 is 0 Å². The predicted molar refractivity (Wildman–Crippen MR) is 84.8 cm³/mol. The molecule has 0 amide bonds. The van der Waals surface area contributed by atoms with E-state index in [1.807, 2.05) is 6.07 Å². The Morgan fingerprint density at radius 2 is 2.10 bits per heavy atom. The van der Waals surface area contributed by atoms with E-state index >= 15 is 0 Å². The van der Waals surface area contributed by atoms with Gasteiger partial charge in [-0.15, -0.1) is 0 Å². The van der Waals surface area contributed by atoms with Crippen LogP contribution in [0.25, 0.3) is 10.9 Å². The van der Waals surface area contributed by atoms with Gasteiger partial charge < -0.3 is 10.6 Å². The standard InChI is InChI=1S/C17H23N3/c1-12-6-5-9-20(13(12)2)17-10-14(11-18)15-7-3-4-8-16(15)19-17/h3-4,7-8,10,12-13H,5-6,9,11,18H2,1-2H3. The smallest absolute Gasteiger partial charge is 0.129 e. The molecule has 2 heterocycles. The molecule has 3 heteroatoms. The summed E-state index contributed by atoms with van der Waals surface area (Å²) in [6.07, 6.45) is 2.56. The molecule has 2 atom stereocenters. The SMILES string of the molecule is CC1CCCN(c2cc(CN)c3ccccc3n2)C1C. The van der Waals surface area contributed by atoms with Gasteiger partial charge in [0.25, 0.3) is 0 Å². The number of para-hydroxylation sites is 1. The lowest BCUT2D eigenvalue weighted by atomic mass is 9.92. The van der Waals surface area contributed by atoms with Crippen LogP contribution in [0.5, 0.6) is 0 Å². The molecule has 20 heavy (non-hydrogen) atoms. The van der Waals surface area contributed by atoms with Gasteiger partial charge in [0.05, 0.1) is 5.52 Å². The van der Waals surface area contributed by atoms with Crippen molar-refractivity contribution in [1.82, 2.24) is 4.98 Å². The number of benzene rings is 1. The Morgan fingerprint density at radius 1 is 1.30 bits per heavy atom. The average Bonchev–Trinajstić information content (AvgIpc) is 2.49. The number of fused-ring (bicyclic) bond motifs is 1. The molecule has 3 nitrogen and oxygen atoms in total. The molecule has 2 unspecified atom stereocenters. The molecule has 0 bridgehead atoms. The van der Waals surface area contributed by atoms with Crippen molar-refractivity contribution >= 4 is 16.7 Å². The van der Waals surface area contributed by atoms with Gasteiger partial charge >= 0.3 is 0 Å². The minimum atomic E-state index is 0.544. The summed E-state index contributed by atoms with van der Waals surface area (Å²) >= 11 is 0. The first kappa shape index (κ1) is 13.4. The summed E-state index contributed by atoms with van der Waals surface area (Å²) in [4.78, 5) is 7.31. The zero-order valence-corrected chi connectivity index (χ0v) is 12.3. The van der Waals surface area contributed by atoms with Gasteiger partial charge in [0.2, 0.25) is 0 Å². The summed E-state index contributed by atoms with van der Waals surface area (Å²) < 4.78 is 0. The number of hydrogen-bond donors (Lipinski definition) is 1. The first-order chi connectivity index (χ1) is 9.70. The Balaban J connectivity index is 2.07. The second-order valence-corrected chi connectivity index (χ2v) is 5.91. The van der Waals surface area contributed by atoms with Crippen LogP contribution in [0.1, 0.15) is 32.3 Å². The van der Waals surface area contributed by atoms with Gasteiger partial charge in [-0.3, -0.25) is 0 Å². The fraction of sp³-hybridized carbons (Fsp3) is 0.471. The molecule has 2 N–H and O–H groups in total. The fourth-order valence-electron chi connectivity index (χ4n) is 3.21. The molecule has 0 spiro atoms. The molecule has 106 valence electrons. The number of aromatic nitrogens is 1. The summed E-state index contributed by atoms with van der Waals surface area (Å²) in [7, 11) is 0. The molecule has 0 radical (unpaired) electrons. The molecule has 3 rings (SSSR count). The predicted octanol–water partition coefficient (Wildman–Crippen LogP) is 3.32. The molecular formula is C17H23N3. The van der Waals surface area contributed by atoms with E-state index in [0.717, 1.165) is 23.8 Å². The Hall–Kier alpha value is -1.61. The summed E-state index contributed by atoms with van der Waals surface area (Å²) in [6.45, 7) is 6.30. The van der Waals surface area contributed by atoms with Crippen molar-refractivity contribution in [2.24, 2.45) is 11.7 Å². The molecule has 1 aliphatic heterocycles. The minimum Gasteiger partial charge on any atom is -0.354 e. The number of nitrogens with two attached hydrogens (primary N) is 1. The van der Waals surface area contributed by atoms with Crippen LogP contribution in [0, 0.1) is 5.92 Å². The lowest BCUT2D eigenvalue weighted by Gasteiger charge is -2.39. The number of anilines is 1. The third kappa shape index (κ3) is 2.27. The number of nitrogens with zero attached hydrogens (tertiary/aromatic N) is 2. The van der Waals surface area contributed by atoms with Gasteiger partial charge in [-0.2, -0.15) is 0 Å². The summed E-state index contributed by atoms with van der Waals surface area (Å²) in [5.74, 6) is 1.81. The first-order valence-electron chi connectivity index (χ1n) is 7.56. The number of pyridine rings is 1. The van der Waals surface area contributed by atoms with E-state index in [9.17, 15) is 0 Å². The molecular weight excluding hydrogens is 246 g/mol. The molecule has 0 aliphatic carbocycles. The zero-order valence-electron chi connectivity index (χ0n) is 12.3. The summed E-state index contributed by atoms with van der Waals surface area (Å²) in [5, 5.41) is 1.18. The van der Waals surface area contributed by atoms with Crippen molar-refractivity contribution in [1.29, 1.82) is 0 Å². The third-order valence-electron chi connectivity index (χ3n) is 4.68. The number of piperidine rings is 1. The first-order valence-corrected chi connectivity index (χ1v) is 7.56. The Kier molecular flexibility index (Phi) is 3.62. The van der Waals surface area contributed by atoms with Crippen LogP contribution in [-0.2, 0) is 6.54 Å². The molecule has 0 saturated carbocycles. The molecule has 1 fully saturated rings. The summed E-state index contributed by atoms with van der Waals surface area (Å²) in [5.41, 5.74) is 8.17. The quantitative estimate of drug-likeness (QED) is 0.909. The second-order valence-electron chi connectivity index (χ2n) is 5.91. The van der Waals surface area contributed by atoms with Gasteiger partial charge in [-0.05, 0) is 43.4 Å². The van der Waals surface area contributed by atoms with Gasteiger partial charge in [0.1, 0.15) is 5.82 Å². The van der Waals surface area contributed by atoms with E-state index in [0.29, 0.717) is 12.6 Å². The molecule has 1 aliphatic rings. The van der Waals surface area contributed by atoms with Crippen molar-refractivity contribution in [2.75, 3.05) is 11.4 Å². The maximum absolute atomic E-state index is 5.93. The van der Waals surface area contributed by atoms with Crippen molar-refractivity contribution in [3.63, 3.8) is 0 Å². The van der Waals surface area contributed by atoms with Crippen molar-refractivity contribution in [3.05, 3.63) is 35.9 Å². The van der Waals surface area contributed by atoms with Crippen LogP contribution in [0.15, 0.2) is 30.3 Å². The third-order valence-corrected chi connectivity index (χ3v) is 4.68. The minimum absolute atomic E-state index is 0.544. The largest absolute Gasteiger partial charge is 0.354 e. The van der Waals surface area contributed by atoms with Crippen LogP contribution in [0.2, 0.25) is 0 Å². The summed E-state index contributed by atoms with van der Waals surface area (Å²) in [6, 6.07) is 11.0. The molecule has 1 aromatic heterocycles. The van der Waals surface area contributed by atoms with Gasteiger partial charge in [0.15, 0.2) is 0 Å². The fourth-order valence-corrected chi connectivity index (χ4v) is 3.21. The molecule has 2 aromatic rings. The Labute approximate surface area is 120 Å². The van der Waals surface area contributed by atoms with Crippen molar-refractivity contribution < 1.29 is 0 Å². The van der Waals surface area contributed by atoms with Gasteiger partial charge in [-0.1, -0.05) is 25.1 Å². The average molecular weight is 269 g/mol. The van der Waals surface area contributed by atoms with E-state index in [-0.39, 0.29) is 0 Å². The lowest BCUT2D eigenvalue weighted by molar-refractivity contribution is 0.362. The highest BCUT2D eigenvalue weighted by Crippen LogP contribution is 2.30. The monoisotopic (exact) mass is 269 g/mol. The van der Waals surface area contributed by atoms with Gasteiger partial charge in [-0.25, -0.2) is 4.98 Å². The molecule has 1 aromatic carbocycles. The highest BCUT2D eigenvalue weighted by Gasteiger charge is 2.26. The maximum atomic E-state index is 5.93.